The first-order valence-electron chi connectivity index (χ1n) is 6.56. The molecule has 0 saturated heterocycles. The van der Waals surface area contributed by atoms with Gasteiger partial charge in [-0.05, 0) is 42.8 Å². The molecule has 0 aliphatic rings. The molecule has 0 fully saturated rings. The minimum Gasteiger partial charge on any atom is -0.399 e. The van der Waals surface area contributed by atoms with Crippen molar-refractivity contribution in [1.29, 1.82) is 0 Å². The number of fused-ring (bicyclic) bond motifs is 1. The number of aryl methyl sites for hydroxylation is 1. The molecular weight excluding hydrogens is 264 g/mol. The number of anilines is 1. The van der Waals surface area contributed by atoms with Gasteiger partial charge < -0.3 is 5.73 Å². The van der Waals surface area contributed by atoms with Crippen LogP contribution in [-0.2, 0) is 5.75 Å². The monoisotopic (exact) mass is 280 g/mol. The Kier molecular flexibility index (Phi) is 3.61. The van der Waals surface area contributed by atoms with E-state index in [2.05, 4.69) is 41.4 Å². The number of thioether (sulfide) groups is 1. The van der Waals surface area contributed by atoms with E-state index in [9.17, 15) is 0 Å². The van der Waals surface area contributed by atoms with Gasteiger partial charge in [0.15, 0.2) is 0 Å². The minimum absolute atomic E-state index is 0.846. The molecule has 0 amide bonds. The highest BCUT2D eigenvalue weighted by Gasteiger charge is 2.01. The van der Waals surface area contributed by atoms with Crippen molar-refractivity contribution in [1.82, 2.24) is 4.98 Å². The van der Waals surface area contributed by atoms with Crippen LogP contribution in [0.1, 0.15) is 11.3 Å². The molecule has 0 spiro atoms. The lowest BCUT2D eigenvalue weighted by molar-refractivity contribution is 1.22. The lowest BCUT2D eigenvalue weighted by Gasteiger charge is -2.05. The van der Waals surface area contributed by atoms with Crippen LogP contribution in [0.15, 0.2) is 59.5 Å². The fourth-order valence-corrected chi connectivity index (χ4v) is 2.98. The van der Waals surface area contributed by atoms with E-state index in [4.69, 9.17) is 5.73 Å². The maximum absolute atomic E-state index is 5.84. The summed E-state index contributed by atoms with van der Waals surface area (Å²) in [6.45, 7) is 2.04. The summed E-state index contributed by atoms with van der Waals surface area (Å²) in [5, 5.41) is 1.18. The SMILES string of the molecule is Cc1cc(SCc2ccc3ccccc3n2)ccc1N. The number of aromatic nitrogens is 1. The number of pyridine rings is 1. The highest BCUT2D eigenvalue weighted by molar-refractivity contribution is 7.98. The van der Waals surface area contributed by atoms with Crippen molar-refractivity contribution in [3.05, 3.63) is 65.9 Å². The van der Waals surface area contributed by atoms with Crippen molar-refractivity contribution >= 4 is 28.4 Å². The molecule has 0 aliphatic heterocycles. The summed E-state index contributed by atoms with van der Waals surface area (Å²) in [5.74, 6) is 0.869. The summed E-state index contributed by atoms with van der Waals surface area (Å²) >= 11 is 1.79. The second-order valence-electron chi connectivity index (χ2n) is 4.80. The van der Waals surface area contributed by atoms with Gasteiger partial charge in [0.25, 0.3) is 0 Å². The second-order valence-corrected chi connectivity index (χ2v) is 5.85. The molecule has 0 atom stereocenters. The summed E-state index contributed by atoms with van der Waals surface area (Å²) in [4.78, 5) is 5.91. The number of rotatable bonds is 3. The Morgan fingerprint density at radius 2 is 1.90 bits per heavy atom. The first kappa shape index (κ1) is 13.0. The third-order valence-electron chi connectivity index (χ3n) is 3.28. The zero-order valence-corrected chi connectivity index (χ0v) is 12.2. The third kappa shape index (κ3) is 2.78. The van der Waals surface area contributed by atoms with Crippen molar-refractivity contribution in [3.8, 4) is 0 Å². The number of nitrogen functional groups attached to an aromatic ring is 1. The van der Waals surface area contributed by atoms with Crippen LogP contribution < -0.4 is 5.73 Å². The molecule has 2 aromatic carbocycles. The molecular formula is C17H16N2S. The van der Waals surface area contributed by atoms with E-state index >= 15 is 0 Å². The first-order chi connectivity index (χ1) is 9.72. The fourth-order valence-electron chi connectivity index (χ4n) is 2.08. The van der Waals surface area contributed by atoms with Gasteiger partial charge in [-0.15, -0.1) is 11.8 Å². The van der Waals surface area contributed by atoms with Gasteiger partial charge in [0.1, 0.15) is 0 Å². The number of para-hydroxylation sites is 1. The first-order valence-corrected chi connectivity index (χ1v) is 7.54. The molecule has 0 unspecified atom stereocenters. The molecule has 2 nitrogen and oxygen atoms in total. The van der Waals surface area contributed by atoms with E-state index in [1.54, 1.807) is 11.8 Å². The Hall–Kier alpha value is -2.00. The zero-order chi connectivity index (χ0) is 13.9. The average molecular weight is 280 g/mol. The largest absolute Gasteiger partial charge is 0.399 e. The van der Waals surface area contributed by atoms with Crippen LogP contribution in [0.3, 0.4) is 0 Å². The van der Waals surface area contributed by atoms with E-state index in [1.807, 2.05) is 25.1 Å². The summed E-state index contributed by atoms with van der Waals surface area (Å²) in [6, 6.07) is 18.6. The molecule has 20 heavy (non-hydrogen) atoms. The molecule has 0 aliphatic carbocycles. The van der Waals surface area contributed by atoms with Crippen LogP contribution in [0, 0.1) is 6.92 Å². The van der Waals surface area contributed by atoms with Gasteiger partial charge >= 0.3 is 0 Å². The van der Waals surface area contributed by atoms with Gasteiger partial charge in [0, 0.05) is 21.7 Å². The van der Waals surface area contributed by atoms with Gasteiger partial charge in [-0.3, -0.25) is 4.98 Å². The Morgan fingerprint density at radius 3 is 2.75 bits per heavy atom. The van der Waals surface area contributed by atoms with Crippen LogP contribution in [0.4, 0.5) is 5.69 Å². The predicted molar refractivity (Wildman–Crippen MR) is 86.9 cm³/mol. The number of benzene rings is 2. The lowest BCUT2D eigenvalue weighted by Crippen LogP contribution is -1.90. The van der Waals surface area contributed by atoms with Gasteiger partial charge in [0.2, 0.25) is 0 Å². The summed E-state index contributed by atoms with van der Waals surface area (Å²) < 4.78 is 0. The minimum atomic E-state index is 0.846. The van der Waals surface area contributed by atoms with Crippen molar-refractivity contribution in [2.24, 2.45) is 0 Å². The normalized spacial score (nSPS) is 10.8. The quantitative estimate of drug-likeness (QED) is 0.570. The number of hydrogen-bond acceptors (Lipinski definition) is 3. The molecule has 0 radical (unpaired) electrons. The fraction of sp³-hybridized carbons (Fsp3) is 0.118. The summed E-state index contributed by atoms with van der Waals surface area (Å²) in [6.07, 6.45) is 0. The van der Waals surface area contributed by atoms with Crippen LogP contribution in [0.2, 0.25) is 0 Å². The molecule has 3 aromatic rings. The molecule has 0 saturated carbocycles. The van der Waals surface area contributed by atoms with E-state index < -0.39 is 0 Å². The predicted octanol–water partition coefficient (Wildman–Crippen LogP) is 4.42. The molecule has 1 aromatic heterocycles. The van der Waals surface area contributed by atoms with E-state index in [1.165, 1.54) is 10.3 Å². The van der Waals surface area contributed by atoms with Crippen LogP contribution >= 0.6 is 11.8 Å². The highest BCUT2D eigenvalue weighted by atomic mass is 32.2. The second kappa shape index (κ2) is 5.55. The lowest BCUT2D eigenvalue weighted by atomic mass is 10.2. The Bertz CT molecular complexity index is 753. The number of nitrogens with zero attached hydrogens (tertiary/aromatic N) is 1. The molecule has 0 bridgehead atoms. The zero-order valence-electron chi connectivity index (χ0n) is 11.3. The van der Waals surface area contributed by atoms with Gasteiger partial charge in [-0.2, -0.15) is 0 Å². The molecule has 3 heteroatoms. The molecule has 1 heterocycles. The molecule has 100 valence electrons. The van der Waals surface area contributed by atoms with Crippen molar-refractivity contribution in [2.75, 3.05) is 5.73 Å². The summed E-state index contributed by atoms with van der Waals surface area (Å²) in [7, 11) is 0. The number of nitrogens with two attached hydrogens (primary N) is 1. The Balaban J connectivity index is 1.77. The molecule has 2 N–H and O–H groups in total. The van der Waals surface area contributed by atoms with Crippen LogP contribution in [-0.4, -0.2) is 4.98 Å². The topological polar surface area (TPSA) is 38.9 Å². The van der Waals surface area contributed by atoms with Crippen molar-refractivity contribution in [3.63, 3.8) is 0 Å². The standard InChI is InChI=1S/C17H16N2S/c1-12-10-15(8-9-16(12)18)20-11-14-7-6-13-4-2-3-5-17(13)19-14/h2-10H,11,18H2,1H3. The number of hydrogen-bond donors (Lipinski definition) is 1. The Morgan fingerprint density at radius 1 is 1.05 bits per heavy atom. The maximum atomic E-state index is 5.84. The average Bonchev–Trinajstić information content (AvgIpc) is 2.48. The van der Waals surface area contributed by atoms with Crippen molar-refractivity contribution < 1.29 is 0 Å². The molecule has 3 rings (SSSR count). The highest BCUT2D eigenvalue weighted by Crippen LogP contribution is 2.25. The maximum Gasteiger partial charge on any atom is 0.0705 e. The Labute approximate surface area is 123 Å². The van der Waals surface area contributed by atoms with E-state index in [-0.39, 0.29) is 0 Å². The van der Waals surface area contributed by atoms with Gasteiger partial charge in [-0.1, -0.05) is 24.3 Å². The smallest absolute Gasteiger partial charge is 0.0705 e. The van der Waals surface area contributed by atoms with Crippen LogP contribution in [0.25, 0.3) is 10.9 Å². The van der Waals surface area contributed by atoms with E-state index in [0.717, 1.165) is 28.2 Å². The van der Waals surface area contributed by atoms with Gasteiger partial charge in [-0.25, -0.2) is 0 Å². The third-order valence-corrected chi connectivity index (χ3v) is 4.31. The summed E-state index contributed by atoms with van der Waals surface area (Å²) in [5.41, 5.74) is 9.96. The van der Waals surface area contributed by atoms with Gasteiger partial charge in [0.05, 0.1) is 11.2 Å². The van der Waals surface area contributed by atoms with Crippen LogP contribution in [0.5, 0.6) is 0 Å². The van der Waals surface area contributed by atoms with Crippen molar-refractivity contribution in [2.45, 2.75) is 17.6 Å². The van der Waals surface area contributed by atoms with E-state index in [0.29, 0.717) is 0 Å².